The molecule has 0 aliphatic heterocycles. The Bertz CT molecular complexity index is 14.3. The summed E-state index contributed by atoms with van der Waals surface area (Å²) in [5.41, 5.74) is 0. The van der Waals surface area contributed by atoms with Crippen molar-refractivity contribution in [1.29, 1.82) is 0 Å². The second-order valence-corrected chi connectivity index (χ2v) is 14.0. The Kier molecular flexibility index (Phi) is 26.6. The largest absolute Gasteiger partial charge is 0.214 e. The van der Waals surface area contributed by atoms with E-state index in [4.69, 9.17) is 22.2 Å². The van der Waals surface area contributed by atoms with Gasteiger partial charge in [-0.15, -0.1) is 0 Å². The molecule has 0 spiro atoms. The van der Waals surface area contributed by atoms with Crippen molar-refractivity contribution in [2.24, 2.45) is 0 Å². The first-order chi connectivity index (χ1) is 1.73. The Labute approximate surface area is 73.5 Å². The van der Waals surface area contributed by atoms with Crippen LogP contribution in [0.15, 0.2) is 0 Å². The van der Waals surface area contributed by atoms with Gasteiger partial charge in [0, 0.05) is 9.76 Å². The number of rotatable bonds is 0. The molecule has 0 bridgehead atoms. The van der Waals surface area contributed by atoms with Crippen LogP contribution in [0.2, 0.25) is 0 Å². The van der Waals surface area contributed by atoms with Crippen molar-refractivity contribution in [2.45, 2.75) is 0 Å². The van der Waals surface area contributed by atoms with Crippen molar-refractivity contribution in [3.63, 3.8) is 0 Å². The van der Waals surface area contributed by atoms with Crippen LogP contribution in [-0.2, 0) is 0 Å². The van der Waals surface area contributed by atoms with E-state index in [0.29, 0.717) is 0 Å². The van der Waals surface area contributed by atoms with E-state index >= 15 is 0 Å². The van der Waals surface area contributed by atoms with Gasteiger partial charge in [0.1, 0.15) is 0 Å². The zero-order chi connectivity index (χ0) is 3.58. The Balaban J connectivity index is -0.0000000450. The molecule has 0 heterocycles. The molecule has 0 N–H and O–H groups in total. The fourth-order valence-corrected chi connectivity index (χ4v) is 0. The molecule has 0 radical (unpaired) electrons. The third kappa shape index (κ3) is 36.0. The van der Waals surface area contributed by atoms with Gasteiger partial charge in [0.15, 0.2) is 0 Å². The van der Waals surface area contributed by atoms with Crippen LogP contribution < -0.4 is 0 Å². The van der Waals surface area contributed by atoms with Crippen LogP contribution in [0, 0.1) is 0 Å². The monoisotopic (exact) mass is 286 g/mol. The van der Waals surface area contributed by atoms with E-state index in [-0.39, 0.29) is 35.2 Å². The molecule has 0 atom stereocenters. The molecule has 0 aromatic rings. The molecule has 0 aromatic carbocycles. The minimum atomic E-state index is -1.06. The van der Waals surface area contributed by atoms with Crippen LogP contribution in [0.25, 0.3) is 0 Å². The van der Waals surface area contributed by atoms with Crippen molar-refractivity contribution in [1.82, 2.24) is 0 Å². The molecule has 0 saturated carbocycles. The number of hydrogen-bond donors (Lipinski definition) is 0. The van der Waals surface area contributed by atoms with Crippen molar-refractivity contribution >= 4 is 74.0 Å². The molecule has 6 heavy (non-hydrogen) atoms. The maximum atomic E-state index is 5.24. The first kappa shape index (κ1) is 15.7. The summed E-state index contributed by atoms with van der Waals surface area (Å²) in [6, 6.07) is 0. The van der Waals surface area contributed by atoms with Crippen LogP contribution in [0.5, 0.6) is 0 Å². The van der Waals surface area contributed by atoms with Gasteiger partial charge in [-0.1, -0.05) is 0 Å². The van der Waals surface area contributed by atoms with Gasteiger partial charge in [0.25, 0.3) is 0 Å². The predicted octanol–water partition coefficient (Wildman–Crippen LogP) is -3.36. The summed E-state index contributed by atoms with van der Waals surface area (Å²) in [6.45, 7) is -1.06. The maximum Gasteiger partial charge on any atom is 0.214 e. The summed E-state index contributed by atoms with van der Waals surface area (Å²) < 4.78 is 0. The molecule has 0 aliphatic carbocycles. The average Bonchev–Trinajstić information content (AvgIpc) is 0.811. The number of hydrogen-bond acceptors (Lipinski definition) is 0. The fraction of sp³-hybridized carbons (Fsp3) is 0. The second kappa shape index (κ2) is 10.2. The van der Waals surface area contributed by atoms with Gasteiger partial charge in [-0.25, -0.2) is 0 Å². The Morgan fingerprint density at radius 3 is 1.17 bits per heavy atom. The third-order valence-electron chi connectivity index (χ3n) is 0. The van der Waals surface area contributed by atoms with E-state index in [2.05, 4.69) is 0 Å². The molecule has 0 nitrogen and oxygen atoms in total. The smallest absolute Gasteiger partial charge is 0.155 e. The maximum absolute atomic E-state index is 5.24. The first-order valence-corrected chi connectivity index (χ1v) is 9.12. The van der Waals surface area contributed by atoms with Gasteiger partial charge in [-0.3, -0.25) is 0 Å². The van der Waals surface area contributed by atoms with Gasteiger partial charge in [-0.2, -0.15) is 22.2 Å². The van der Waals surface area contributed by atoms with E-state index in [1.54, 1.807) is 0 Å². The summed E-state index contributed by atoms with van der Waals surface area (Å²) in [7, 11) is 1.02. The molecule has 0 rings (SSSR count). The summed E-state index contributed by atoms with van der Waals surface area (Å²) >= 11 is 10.5. The molecule has 0 unspecified atom stereocenters. The summed E-state index contributed by atoms with van der Waals surface area (Å²) in [6.07, 6.45) is 0. The average molecular weight is 284 g/mol. The minimum absolute atomic E-state index is 0. The van der Waals surface area contributed by atoms with Crippen molar-refractivity contribution in [2.75, 3.05) is 0 Å². The van der Waals surface area contributed by atoms with Crippen LogP contribution >= 0.6 is 22.2 Å². The fourth-order valence-electron chi connectivity index (χ4n) is 0. The Hall–Kier alpha value is 2.10. The second-order valence-electron chi connectivity index (χ2n) is 0.519. The zero-order valence-electron chi connectivity index (χ0n) is 2.33. The molecule has 42 valence electrons. The number of halogens is 2. The van der Waals surface area contributed by atoms with E-state index in [0.717, 1.165) is 9.76 Å². The molecule has 0 saturated heterocycles. The summed E-state index contributed by atoms with van der Waals surface area (Å²) in [5.74, 6) is 0. The van der Waals surface area contributed by atoms with Gasteiger partial charge in [-0.05, 0) is 0 Å². The molecule has 0 fully saturated rings. The molecule has 0 aliphatic rings. The predicted molar refractivity (Wildman–Crippen MR) is 51.5 cm³/mol. The third-order valence-corrected chi connectivity index (χ3v) is 0. The molecule has 0 amide bonds. The van der Waals surface area contributed by atoms with Crippen LogP contribution in [0.1, 0.15) is 0 Å². The normalized spacial score (nSPS) is 6.50. The topological polar surface area (TPSA) is 0 Å². The van der Waals surface area contributed by atoms with Crippen molar-refractivity contribution in [3.05, 3.63) is 0 Å². The zero-order valence-corrected chi connectivity index (χ0v) is 7.00. The standard InChI is InChI=1S/Cl2H4Si2.2GeH4/c1-4(2)3;;/h4H,3H3;2*1H4. The molecular weight excluding hydrogens is 272 g/mol. The van der Waals surface area contributed by atoms with E-state index in [1.165, 1.54) is 0 Å². The molecular formula is H12Cl2Ge2Si2. The Morgan fingerprint density at radius 1 is 1.17 bits per heavy atom. The van der Waals surface area contributed by atoms with Gasteiger partial charge in [0.2, 0.25) is 6.93 Å². The SMILES string of the molecule is [GeH4].[GeH4].[SiH3][SiH](Cl)Cl. The minimum Gasteiger partial charge on any atom is -0.155 e. The first-order valence-electron chi connectivity index (χ1n) is 1.01. The quantitative estimate of drug-likeness (QED) is 0.322. The van der Waals surface area contributed by atoms with Crippen LogP contribution in [-0.4, -0.2) is 51.9 Å². The molecule has 0 aromatic heterocycles. The Morgan fingerprint density at radius 2 is 1.17 bits per heavy atom. The summed E-state index contributed by atoms with van der Waals surface area (Å²) in [5, 5.41) is 0. The summed E-state index contributed by atoms with van der Waals surface area (Å²) in [4.78, 5) is 0. The van der Waals surface area contributed by atoms with Gasteiger partial charge in [0.05, 0.1) is 0 Å². The van der Waals surface area contributed by atoms with E-state index in [9.17, 15) is 0 Å². The molecule has 6 heteroatoms. The van der Waals surface area contributed by atoms with Gasteiger partial charge < -0.3 is 0 Å². The van der Waals surface area contributed by atoms with E-state index in [1.807, 2.05) is 0 Å². The van der Waals surface area contributed by atoms with Crippen molar-refractivity contribution < 1.29 is 0 Å². The van der Waals surface area contributed by atoms with E-state index < -0.39 is 6.93 Å². The van der Waals surface area contributed by atoms with Gasteiger partial charge >= 0.3 is 35.2 Å². The van der Waals surface area contributed by atoms with Crippen molar-refractivity contribution in [3.8, 4) is 0 Å². The van der Waals surface area contributed by atoms with Crippen LogP contribution in [0.4, 0.5) is 0 Å². The van der Waals surface area contributed by atoms with Crippen LogP contribution in [0.3, 0.4) is 0 Å².